The zero-order valence-electron chi connectivity index (χ0n) is 19.5. The van der Waals surface area contributed by atoms with Gasteiger partial charge in [-0.15, -0.1) is 0 Å². The molecule has 0 aliphatic rings. The van der Waals surface area contributed by atoms with Crippen LogP contribution in [0.1, 0.15) is 109 Å². The van der Waals surface area contributed by atoms with Gasteiger partial charge in [0.15, 0.2) is 0 Å². The summed E-state index contributed by atoms with van der Waals surface area (Å²) in [7, 11) is 0. The van der Waals surface area contributed by atoms with Gasteiger partial charge in [-0.2, -0.15) is 0 Å². The minimum Gasteiger partial charge on any atom is -0.465 e. The van der Waals surface area contributed by atoms with E-state index >= 15 is 0 Å². The van der Waals surface area contributed by atoms with E-state index in [1.165, 1.54) is 89.2 Å². The summed E-state index contributed by atoms with van der Waals surface area (Å²) in [5, 5.41) is 0. The van der Waals surface area contributed by atoms with Gasteiger partial charge in [-0.3, -0.25) is 4.79 Å². The number of benzene rings is 1. The summed E-state index contributed by atoms with van der Waals surface area (Å²) in [5.74, 6) is -1.86. The molecule has 0 bridgehead atoms. The molecule has 0 unspecified atom stereocenters. The first-order valence-corrected chi connectivity index (χ1v) is 12.4. The maximum absolute atomic E-state index is 13.2. The van der Waals surface area contributed by atoms with Gasteiger partial charge in [-0.25, -0.2) is 8.78 Å². The van der Waals surface area contributed by atoms with E-state index in [0.717, 1.165) is 25.3 Å². The van der Waals surface area contributed by atoms with E-state index in [1.807, 2.05) is 0 Å². The maximum atomic E-state index is 13.2. The molecule has 1 aromatic carbocycles. The van der Waals surface area contributed by atoms with Crippen molar-refractivity contribution in [3.8, 4) is 0 Å². The zero-order valence-corrected chi connectivity index (χ0v) is 19.5. The Kier molecular flexibility index (Phi) is 16.1. The van der Waals surface area contributed by atoms with E-state index in [2.05, 4.69) is 6.92 Å². The highest BCUT2D eigenvalue weighted by molar-refractivity contribution is 5.75. The third kappa shape index (κ3) is 15.0. The van der Waals surface area contributed by atoms with Crippen LogP contribution in [0.4, 0.5) is 8.78 Å². The number of halogens is 2. The molecule has 31 heavy (non-hydrogen) atoms. The molecule has 0 spiro atoms. The molecule has 1 rings (SSSR count). The molecule has 0 saturated carbocycles. The standard InChI is InChI=1S/C26H43F2NO2/c1-2-3-4-5-6-7-8-9-10-11-12-13-14-15-16-17-31-26(30)25(29)20-22-18-23(27)21-24(28)19-22/h18-19,21,25H,2-17,20,29H2,1H3/t25-/m0/s1. The summed E-state index contributed by atoms with van der Waals surface area (Å²) in [4.78, 5) is 11.9. The molecule has 0 aromatic heterocycles. The van der Waals surface area contributed by atoms with Crippen LogP contribution in [0.5, 0.6) is 0 Å². The summed E-state index contributed by atoms with van der Waals surface area (Å²) in [6, 6.07) is 2.26. The predicted molar refractivity (Wildman–Crippen MR) is 124 cm³/mol. The van der Waals surface area contributed by atoms with Crippen LogP contribution in [0.25, 0.3) is 0 Å². The number of rotatable bonds is 19. The monoisotopic (exact) mass is 439 g/mol. The van der Waals surface area contributed by atoms with Gasteiger partial charge in [0.05, 0.1) is 6.61 Å². The molecule has 178 valence electrons. The number of carbonyl (C=O) groups is 1. The highest BCUT2D eigenvalue weighted by Gasteiger charge is 2.16. The second-order valence-corrected chi connectivity index (χ2v) is 8.71. The van der Waals surface area contributed by atoms with Crippen molar-refractivity contribution in [2.45, 2.75) is 116 Å². The van der Waals surface area contributed by atoms with Crippen LogP contribution >= 0.6 is 0 Å². The third-order valence-corrected chi connectivity index (χ3v) is 5.67. The molecule has 0 aliphatic carbocycles. The summed E-state index contributed by atoms with van der Waals surface area (Å²) < 4.78 is 31.6. The van der Waals surface area contributed by atoms with E-state index in [1.54, 1.807) is 0 Å². The van der Waals surface area contributed by atoms with Gasteiger partial charge in [0, 0.05) is 6.07 Å². The van der Waals surface area contributed by atoms with Gasteiger partial charge in [-0.1, -0.05) is 96.8 Å². The van der Waals surface area contributed by atoms with Crippen LogP contribution < -0.4 is 5.73 Å². The molecule has 0 fully saturated rings. The number of hydrogen-bond donors (Lipinski definition) is 1. The molecular formula is C26H43F2NO2. The molecule has 1 atom stereocenters. The zero-order chi connectivity index (χ0) is 22.7. The normalized spacial score (nSPS) is 12.1. The fourth-order valence-electron chi connectivity index (χ4n) is 3.82. The van der Waals surface area contributed by atoms with E-state index in [4.69, 9.17) is 10.5 Å². The second-order valence-electron chi connectivity index (χ2n) is 8.71. The quantitative estimate of drug-likeness (QED) is 0.182. The van der Waals surface area contributed by atoms with Crippen molar-refractivity contribution in [1.82, 2.24) is 0 Å². The van der Waals surface area contributed by atoms with Gasteiger partial charge >= 0.3 is 5.97 Å². The Morgan fingerprint density at radius 2 is 1.19 bits per heavy atom. The van der Waals surface area contributed by atoms with Crippen molar-refractivity contribution < 1.29 is 18.3 Å². The first-order valence-electron chi connectivity index (χ1n) is 12.4. The molecular weight excluding hydrogens is 396 g/mol. The van der Waals surface area contributed by atoms with Crippen molar-refractivity contribution in [3.63, 3.8) is 0 Å². The summed E-state index contributed by atoms with van der Waals surface area (Å²) >= 11 is 0. The fraction of sp³-hybridized carbons (Fsp3) is 0.731. The average molecular weight is 440 g/mol. The SMILES string of the molecule is CCCCCCCCCCCCCCCCCOC(=O)[C@@H](N)Cc1cc(F)cc(F)c1. The molecule has 0 saturated heterocycles. The highest BCUT2D eigenvalue weighted by atomic mass is 19.1. The van der Waals surface area contributed by atoms with Crippen molar-refractivity contribution in [2.75, 3.05) is 6.61 Å². The predicted octanol–water partition coefficient (Wildman–Crippen LogP) is 7.25. The molecule has 2 N–H and O–H groups in total. The highest BCUT2D eigenvalue weighted by Crippen LogP contribution is 2.14. The van der Waals surface area contributed by atoms with Crippen LogP contribution in [0, 0.1) is 11.6 Å². The topological polar surface area (TPSA) is 52.3 Å². The molecule has 1 aromatic rings. The number of ether oxygens (including phenoxy) is 1. The van der Waals surface area contributed by atoms with E-state index in [9.17, 15) is 13.6 Å². The summed E-state index contributed by atoms with van der Waals surface area (Å²) in [6.45, 7) is 2.61. The summed E-state index contributed by atoms with van der Waals surface area (Å²) in [6.07, 6.45) is 19.3. The fourth-order valence-corrected chi connectivity index (χ4v) is 3.82. The number of carbonyl (C=O) groups excluding carboxylic acids is 1. The minimum atomic E-state index is -0.905. The van der Waals surface area contributed by atoms with Crippen LogP contribution in [0.3, 0.4) is 0 Å². The first kappa shape index (κ1) is 27.5. The number of nitrogens with two attached hydrogens (primary N) is 1. The minimum absolute atomic E-state index is 0.0619. The Hall–Kier alpha value is -1.49. The number of unbranched alkanes of at least 4 members (excludes halogenated alkanes) is 14. The molecule has 0 amide bonds. The van der Waals surface area contributed by atoms with Gasteiger partial charge in [-0.05, 0) is 30.5 Å². The molecule has 0 aliphatic heterocycles. The Morgan fingerprint density at radius 1 is 0.774 bits per heavy atom. The molecule has 3 nitrogen and oxygen atoms in total. The number of hydrogen-bond acceptors (Lipinski definition) is 3. The molecule has 0 radical (unpaired) electrons. The smallest absolute Gasteiger partial charge is 0.323 e. The maximum Gasteiger partial charge on any atom is 0.323 e. The number of esters is 1. The lowest BCUT2D eigenvalue weighted by Crippen LogP contribution is -2.34. The molecule has 5 heteroatoms. The van der Waals surface area contributed by atoms with E-state index < -0.39 is 23.6 Å². The second kappa shape index (κ2) is 18.1. The van der Waals surface area contributed by atoms with E-state index in [0.29, 0.717) is 12.2 Å². The summed E-state index contributed by atoms with van der Waals surface area (Å²) in [5.41, 5.74) is 6.15. The lowest BCUT2D eigenvalue weighted by atomic mass is 10.0. The Labute approximate surface area is 188 Å². The van der Waals surface area contributed by atoms with Crippen molar-refractivity contribution in [2.24, 2.45) is 5.73 Å². The van der Waals surface area contributed by atoms with Crippen molar-refractivity contribution >= 4 is 5.97 Å². The third-order valence-electron chi connectivity index (χ3n) is 5.67. The lowest BCUT2D eigenvalue weighted by molar-refractivity contribution is -0.145. The Bertz CT molecular complexity index is 575. The largest absolute Gasteiger partial charge is 0.465 e. The van der Waals surface area contributed by atoms with Crippen LogP contribution in [0.2, 0.25) is 0 Å². The van der Waals surface area contributed by atoms with Crippen LogP contribution in [-0.2, 0) is 16.0 Å². The average Bonchev–Trinajstić information content (AvgIpc) is 2.72. The van der Waals surface area contributed by atoms with Crippen molar-refractivity contribution in [3.05, 3.63) is 35.4 Å². The van der Waals surface area contributed by atoms with Crippen LogP contribution in [-0.4, -0.2) is 18.6 Å². The first-order chi connectivity index (χ1) is 15.0. The van der Waals surface area contributed by atoms with Gasteiger partial charge < -0.3 is 10.5 Å². The van der Waals surface area contributed by atoms with Crippen LogP contribution in [0.15, 0.2) is 18.2 Å². The molecule has 0 heterocycles. The Balaban J connectivity index is 1.90. The Morgan fingerprint density at radius 3 is 1.65 bits per heavy atom. The van der Waals surface area contributed by atoms with Gasteiger partial charge in [0.2, 0.25) is 0 Å². The van der Waals surface area contributed by atoms with Gasteiger partial charge in [0.1, 0.15) is 17.7 Å². The van der Waals surface area contributed by atoms with Crippen molar-refractivity contribution in [1.29, 1.82) is 0 Å². The van der Waals surface area contributed by atoms with E-state index in [-0.39, 0.29) is 6.42 Å². The lowest BCUT2D eigenvalue weighted by Gasteiger charge is -2.12. The van der Waals surface area contributed by atoms with Gasteiger partial charge in [0.25, 0.3) is 0 Å².